The molecule has 0 atom stereocenters. The first-order valence-corrected chi connectivity index (χ1v) is 9.69. The molecule has 2 aromatic rings. The zero-order chi connectivity index (χ0) is 17.9. The molecule has 1 N–H and O–H groups in total. The Bertz CT molecular complexity index is 832. The zero-order valence-corrected chi connectivity index (χ0v) is 14.9. The van der Waals surface area contributed by atoms with E-state index in [2.05, 4.69) is 9.62 Å². The van der Waals surface area contributed by atoms with Gasteiger partial charge in [0.15, 0.2) is 0 Å². The van der Waals surface area contributed by atoms with Crippen molar-refractivity contribution in [3.05, 3.63) is 48.3 Å². The van der Waals surface area contributed by atoms with Crippen molar-refractivity contribution >= 4 is 21.4 Å². The molecule has 1 heterocycles. The van der Waals surface area contributed by atoms with E-state index in [0.29, 0.717) is 11.4 Å². The van der Waals surface area contributed by atoms with Gasteiger partial charge in [0.2, 0.25) is 0 Å². The molecule has 0 spiro atoms. The molecule has 7 heteroatoms. The van der Waals surface area contributed by atoms with Gasteiger partial charge in [0.25, 0.3) is 10.0 Å². The van der Waals surface area contributed by atoms with Gasteiger partial charge in [0.1, 0.15) is 11.6 Å². The van der Waals surface area contributed by atoms with Crippen LogP contribution in [0, 0.1) is 5.82 Å². The number of sulfonamides is 1. The summed E-state index contributed by atoms with van der Waals surface area (Å²) in [7, 11) is -2.33. The van der Waals surface area contributed by atoms with Crippen molar-refractivity contribution in [3.63, 3.8) is 0 Å². The summed E-state index contributed by atoms with van der Waals surface area (Å²) in [4.78, 5) is 2.23. The average Bonchev–Trinajstić information content (AvgIpc) is 2.62. The standard InChI is InChI=1S/C18H21FN2O3S/c1-24-18-10-7-15(21-11-3-2-4-12-21)13-17(18)20-25(22,23)16-8-5-14(19)6-9-16/h5-10,13,20H,2-4,11-12H2,1H3. The number of rotatable bonds is 5. The van der Waals surface area contributed by atoms with Crippen molar-refractivity contribution in [3.8, 4) is 5.75 Å². The van der Waals surface area contributed by atoms with Gasteiger partial charge in [-0.3, -0.25) is 4.72 Å². The summed E-state index contributed by atoms with van der Waals surface area (Å²) >= 11 is 0. The van der Waals surface area contributed by atoms with Crippen molar-refractivity contribution in [2.75, 3.05) is 29.8 Å². The van der Waals surface area contributed by atoms with E-state index in [1.165, 1.54) is 25.7 Å². The normalized spacial score (nSPS) is 15.0. The minimum atomic E-state index is -3.83. The lowest BCUT2D eigenvalue weighted by Crippen LogP contribution is -2.29. The van der Waals surface area contributed by atoms with E-state index in [1.54, 1.807) is 12.1 Å². The van der Waals surface area contributed by atoms with Gasteiger partial charge < -0.3 is 9.64 Å². The van der Waals surface area contributed by atoms with Crippen LogP contribution in [0.5, 0.6) is 5.75 Å². The number of benzene rings is 2. The van der Waals surface area contributed by atoms with E-state index in [9.17, 15) is 12.8 Å². The lowest BCUT2D eigenvalue weighted by molar-refractivity contribution is 0.417. The van der Waals surface area contributed by atoms with Crippen LogP contribution in [-0.4, -0.2) is 28.6 Å². The zero-order valence-electron chi connectivity index (χ0n) is 14.0. The van der Waals surface area contributed by atoms with Crippen LogP contribution >= 0.6 is 0 Å². The number of piperidine rings is 1. The second-order valence-electron chi connectivity index (χ2n) is 5.99. The first-order valence-electron chi connectivity index (χ1n) is 8.21. The average molecular weight is 364 g/mol. The molecule has 0 unspecified atom stereocenters. The number of halogens is 1. The Morgan fingerprint density at radius 3 is 2.36 bits per heavy atom. The van der Waals surface area contributed by atoms with Gasteiger partial charge in [-0.1, -0.05) is 0 Å². The van der Waals surface area contributed by atoms with Crippen molar-refractivity contribution in [2.45, 2.75) is 24.2 Å². The Morgan fingerprint density at radius 1 is 1.04 bits per heavy atom. The van der Waals surface area contributed by atoms with Crippen LogP contribution in [0.4, 0.5) is 15.8 Å². The first-order chi connectivity index (χ1) is 12.0. The fourth-order valence-electron chi connectivity index (χ4n) is 2.94. The highest BCUT2D eigenvalue weighted by atomic mass is 32.2. The van der Waals surface area contributed by atoms with Gasteiger partial charge in [-0.2, -0.15) is 0 Å². The number of nitrogens with one attached hydrogen (secondary N) is 1. The highest BCUT2D eigenvalue weighted by Gasteiger charge is 2.19. The molecule has 1 fully saturated rings. The molecule has 5 nitrogen and oxygen atoms in total. The number of hydrogen-bond donors (Lipinski definition) is 1. The second kappa shape index (κ2) is 7.31. The number of anilines is 2. The molecule has 25 heavy (non-hydrogen) atoms. The van der Waals surface area contributed by atoms with Crippen LogP contribution in [0.15, 0.2) is 47.4 Å². The molecule has 134 valence electrons. The SMILES string of the molecule is COc1ccc(N2CCCCC2)cc1NS(=O)(=O)c1ccc(F)cc1. The number of hydrogen-bond acceptors (Lipinski definition) is 4. The number of methoxy groups -OCH3 is 1. The Balaban J connectivity index is 1.90. The van der Waals surface area contributed by atoms with E-state index in [-0.39, 0.29) is 4.90 Å². The summed E-state index contributed by atoms with van der Waals surface area (Å²) in [5, 5.41) is 0. The van der Waals surface area contributed by atoms with Crippen LogP contribution in [0.3, 0.4) is 0 Å². The maximum Gasteiger partial charge on any atom is 0.262 e. The fraction of sp³-hybridized carbons (Fsp3) is 0.333. The van der Waals surface area contributed by atoms with E-state index in [4.69, 9.17) is 4.74 Å². The summed E-state index contributed by atoms with van der Waals surface area (Å²) < 4.78 is 46.0. The quantitative estimate of drug-likeness (QED) is 0.880. The molecule has 0 amide bonds. The topological polar surface area (TPSA) is 58.6 Å². The Hall–Kier alpha value is -2.28. The molecule has 0 bridgehead atoms. The molecule has 0 radical (unpaired) electrons. The predicted molar refractivity (Wildman–Crippen MR) is 96.3 cm³/mol. The van der Waals surface area contributed by atoms with Crippen molar-refractivity contribution < 1.29 is 17.5 Å². The molecule has 0 aromatic heterocycles. The van der Waals surface area contributed by atoms with Gasteiger partial charge in [0.05, 0.1) is 17.7 Å². The van der Waals surface area contributed by atoms with E-state index in [1.807, 2.05) is 6.07 Å². The molecule has 2 aromatic carbocycles. The molecule has 1 aliphatic rings. The van der Waals surface area contributed by atoms with E-state index < -0.39 is 15.8 Å². The van der Waals surface area contributed by atoms with E-state index >= 15 is 0 Å². The summed E-state index contributed by atoms with van der Waals surface area (Å²) in [5.41, 5.74) is 1.33. The number of nitrogens with zero attached hydrogens (tertiary/aromatic N) is 1. The van der Waals surface area contributed by atoms with Gasteiger partial charge >= 0.3 is 0 Å². The molecular weight excluding hydrogens is 343 g/mol. The smallest absolute Gasteiger partial charge is 0.262 e. The summed E-state index contributed by atoms with van der Waals surface area (Å²) in [6, 6.07) is 10.2. The molecule has 1 aliphatic heterocycles. The monoisotopic (exact) mass is 364 g/mol. The largest absolute Gasteiger partial charge is 0.495 e. The van der Waals surface area contributed by atoms with Crippen LogP contribution in [0.1, 0.15) is 19.3 Å². The number of ether oxygens (including phenoxy) is 1. The summed E-state index contributed by atoms with van der Waals surface area (Å²) in [6.07, 6.45) is 3.47. The summed E-state index contributed by atoms with van der Waals surface area (Å²) in [5.74, 6) is -0.0462. The summed E-state index contributed by atoms with van der Waals surface area (Å²) in [6.45, 7) is 1.91. The minimum Gasteiger partial charge on any atom is -0.495 e. The van der Waals surface area contributed by atoms with Crippen molar-refractivity contribution in [2.24, 2.45) is 0 Å². The highest BCUT2D eigenvalue weighted by Crippen LogP contribution is 2.32. The fourth-order valence-corrected chi connectivity index (χ4v) is 4.00. The minimum absolute atomic E-state index is 0.000622. The van der Waals surface area contributed by atoms with Crippen molar-refractivity contribution in [1.29, 1.82) is 0 Å². The van der Waals surface area contributed by atoms with E-state index in [0.717, 1.165) is 43.8 Å². The Morgan fingerprint density at radius 2 is 1.72 bits per heavy atom. The van der Waals surface area contributed by atoms with Crippen LogP contribution in [-0.2, 0) is 10.0 Å². The highest BCUT2D eigenvalue weighted by molar-refractivity contribution is 7.92. The molecule has 0 aliphatic carbocycles. The van der Waals surface area contributed by atoms with Gasteiger partial charge in [0, 0.05) is 18.8 Å². The molecule has 1 saturated heterocycles. The van der Waals surface area contributed by atoms with Crippen molar-refractivity contribution in [1.82, 2.24) is 0 Å². The van der Waals surface area contributed by atoms with Gasteiger partial charge in [-0.05, 0) is 61.7 Å². The maximum absolute atomic E-state index is 13.0. The van der Waals surface area contributed by atoms with Crippen LogP contribution in [0.25, 0.3) is 0 Å². The van der Waals surface area contributed by atoms with Gasteiger partial charge in [-0.15, -0.1) is 0 Å². The third-order valence-corrected chi connectivity index (χ3v) is 5.65. The Labute approximate surface area is 147 Å². The predicted octanol–water partition coefficient (Wildman–Crippen LogP) is 3.63. The van der Waals surface area contributed by atoms with Crippen LogP contribution in [0.2, 0.25) is 0 Å². The molecule has 0 saturated carbocycles. The molecule has 3 rings (SSSR count). The third kappa shape index (κ3) is 4.04. The lowest BCUT2D eigenvalue weighted by Gasteiger charge is -2.29. The van der Waals surface area contributed by atoms with Gasteiger partial charge in [-0.25, -0.2) is 12.8 Å². The lowest BCUT2D eigenvalue weighted by atomic mass is 10.1. The van der Waals surface area contributed by atoms with Crippen LogP contribution < -0.4 is 14.4 Å². The molecular formula is C18H21FN2O3S. The first kappa shape index (κ1) is 17.5. The second-order valence-corrected chi connectivity index (χ2v) is 7.67. The third-order valence-electron chi connectivity index (χ3n) is 4.27. The maximum atomic E-state index is 13.0. The Kier molecular flexibility index (Phi) is 5.13.